The molecule has 1 nitrogen and oxygen atoms in total. The summed E-state index contributed by atoms with van der Waals surface area (Å²) < 4.78 is 1.21. The van der Waals surface area contributed by atoms with Gasteiger partial charge in [0.25, 0.3) is 0 Å². The molecular formula is C9H11INY-. The summed E-state index contributed by atoms with van der Waals surface area (Å²) in [6.07, 6.45) is 5.31. The fourth-order valence-electron chi connectivity index (χ4n) is 0.985. The summed E-state index contributed by atoms with van der Waals surface area (Å²) in [6, 6.07) is 0. The minimum absolute atomic E-state index is 0. The second kappa shape index (κ2) is 5.56. The fraction of sp³-hybridized carbons (Fsp3) is 0.333. The third kappa shape index (κ3) is 2.96. The number of hydrogen-bond acceptors (Lipinski definition) is 1. The van der Waals surface area contributed by atoms with Crippen LogP contribution in [0.1, 0.15) is 13.8 Å². The van der Waals surface area contributed by atoms with E-state index >= 15 is 0 Å². The zero-order valence-corrected chi connectivity index (χ0v) is 12.4. The minimum atomic E-state index is 0. The molecule has 0 N–H and O–H groups in total. The van der Waals surface area contributed by atoms with Crippen molar-refractivity contribution < 1.29 is 32.7 Å². The average molecular weight is 349 g/mol. The smallest absolute Gasteiger partial charge is 0 e. The largest absolute Gasteiger partial charge is 0.455 e. The topological polar surface area (TPSA) is 3.24 Å². The number of rotatable bonds is 1. The SMILES string of the molecule is C=C1C(I)=CC(C)=[C-]N1CC.[Y]. The molecule has 63 valence electrons. The minimum Gasteiger partial charge on any atom is -0.455 e. The van der Waals surface area contributed by atoms with E-state index in [-0.39, 0.29) is 32.7 Å². The number of halogens is 1. The van der Waals surface area contributed by atoms with Crippen LogP contribution in [-0.2, 0) is 32.7 Å². The third-order valence-corrected chi connectivity index (χ3v) is 2.51. The van der Waals surface area contributed by atoms with Crippen molar-refractivity contribution in [3.8, 4) is 0 Å². The van der Waals surface area contributed by atoms with Crippen LogP contribution in [0.4, 0.5) is 0 Å². The number of allylic oxidation sites excluding steroid dienone is 3. The van der Waals surface area contributed by atoms with E-state index in [9.17, 15) is 0 Å². The summed E-state index contributed by atoms with van der Waals surface area (Å²) in [4.78, 5) is 2.04. The van der Waals surface area contributed by atoms with Crippen molar-refractivity contribution >= 4 is 22.6 Å². The Morgan fingerprint density at radius 2 is 2.25 bits per heavy atom. The standard InChI is InChI=1S/C9H11IN.Y/c1-4-11-6-7(2)5-9(10)8(11)3;/h5H,3-4H2,1-2H3;/q-1;. The van der Waals surface area contributed by atoms with Crippen molar-refractivity contribution in [3.05, 3.63) is 33.7 Å². The van der Waals surface area contributed by atoms with E-state index in [4.69, 9.17) is 0 Å². The van der Waals surface area contributed by atoms with Crippen molar-refractivity contribution in [1.82, 2.24) is 4.90 Å². The first-order valence-electron chi connectivity index (χ1n) is 3.59. The molecule has 0 atom stereocenters. The molecule has 12 heavy (non-hydrogen) atoms. The number of nitrogens with zero attached hydrogens (tertiary/aromatic N) is 1. The molecule has 1 radical (unpaired) electrons. The van der Waals surface area contributed by atoms with Gasteiger partial charge in [0.15, 0.2) is 0 Å². The van der Waals surface area contributed by atoms with Gasteiger partial charge in [0.1, 0.15) is 0 Å². The van der Waals surface area contributed by atoms with Crippen molar-refractivity contribution in [1.29, 1.82) is 0 Å². The molecule has 1 heterocycles. The van der Waals surface area contributed by atoms with Crippen LogP contribution in [0.15, 0.2) is 27.5 Å². The van der Waals surface area contributed by atoms with Crippen LogP contribution in [0, 0.1) is 6.20 Å². The predicted octanol–water partition coefficient (Wildman–Crippen LogP) is 2.86. The second-order valence-electron chi connectivity index (χ2n) is 2.48. The van der Waals surface area contributed by atoms with Crippen LogP contribution < -0.4 is 0 Å². The Bertz CT molecular complexity index is 243. The van der Waals surface area contributed by atoms with Crippen LogP contribution in [0.5, 0.6) is 0 Å². The monoisotopic (exact) mass is 349 g/mol. The molecule has 1 aliphatic heterocycles. The van der Waals surface area contributed by atoms with Crippen molar-refractivity contribution in [3.63, 3.8) is 0 Å². The van der Waals surface area contributed by atoms with E-state index in [2.05, 4.69) is 48.4 Å². The van der Waals surface area contributed by atoms with E-state index in [1.807, 2.05) is 11.8 Å². The molecule has 0 spiro atoms. The number of likely N-dealkylation sites (N-methyl/N-ethyl adjacent to an activating group) is 1. The van der Waals surface area contributed by atoms with E-state index in [0.717, 1.165) is 12.2 Å². The molecule has 0 aromatic heterocycles. The van der Waals surface area contributed by atoms with Crippen LogP contribution in [0.3, 0.4) is 0 Å². The molecule has 0 aromatic carbocycles. The maximum absolute atomic E-state index is 3.96. The molecule has 0 aliphatic carbocycles. The van der Waals surface area contributed by atoms with Crippen molar-refractivity contribution in [2.24, 2.45) is 0 Å². The van der Waals surface area contributed by atoms with Gasteiger partial charge in [-0.05, 0) is 13.5 Å². The maximum Gasteiger partial charge on any atom is 0 e. The van der Waals surface area contributed by atoms with E-state index in [0.29, 0.717) is 0 Å². The molecule has 3 heteroatoms. The number of hydrogen-bond donors (Lipinski definition) is 0. The molecule has 0 saturated carbocycles. The molecule has 0 fully saturated rings. The van der Waals surface area contributed by atoms with Crippen molar-refractivity contribution in [2.45, 2.75) is 13.8 Å². The average Bonchev–Trinajstić information content (AvgIpc) is 1.96. The van der Waals surface area contributed by atoms with Gasteiger partial charge in [-0.15, -0.1) is 12.2 Å². The van der Waals surface area contributed by atoms with Crippen LogP contribution in [0.2, 0.25) is 0 Å². The van der Waals surface area contributed by atoms with Gasteiger partial charge in [0.2, 0.25) is 0 Å². The summed E-state index contributed by atoms with van der Waals surface area (Å²) in [5, 5.41) is 0. The Kier molecular flexibility index (Phi) is 5.95. The zero-order chi connectivity index (χ0) is 8.43. The van der Waals surface area contributed by atoms with Crippen LogP contribution >= 0.6 is 22.6 Å². The summed E-state index contributed by atoms with van der Waals surface area (Å²) in [6.45, 7) is 9.04. The Hall–Kier alpha value is 0.854. The predicted molar refractivity (Wildman–Crippen MR) is 56.1 cm³/mol. The summed E-state index contributed by atoms with van der Waals surface area (Å²) >= 11 is 2.30. The molecule has 1 rings (SSSR count). The van der Waals surface area contributed by atoms with Gasteiger partial charge in [-0.1, -0.05) is 45.0 Å². The Morgan fingerprint density at radius 3 is 2.75 bits per heavy atom. The van der Waals surface area contributed by atoms with Gasteiger partial charge in [-0.2, -0.15) is 6.08 Å². The molecular weight excluding hydrogens is 338 g/mol. The van der Waals surface area contributed by atoms with Gasteiger partial charge in [0.05, 0.1) is 0 Å². The quantitative estimate of drug-likeness (QED) is 0.520. The molecule has 0 saturated heterocycles. The first kappa shape index (κ1) is 12.9. The summed E-state index contributed by atoms with van der Waals surface area (Å²) in [5.74, 6) is 0. The second-order valence-corrected chi connectivity index (χ2v) is 3.64. The van der Waals surface area contributed by atoms with Crippen molar-refractivity contribution in [2.75, 3.05) is 6.54 Å². The summed E-state index contributed by atoms with van der Waals surface area (Å²) in [7, 11) is 0. The van der Waals surface area contributed by atoms with Gasteiger partial charge in [-0.3, -0.25) is 0 Å². The maximum atomic E-state index is 3.96. The summed E-state index contributed by atoms with van der Waals surface area (Å²) in [5.41, 5.74) is 2.22. The fourth-order valence-corrected chi connectivity index (χ4v) is 1.74. The molecule has 0 unspecified atom stereocenters. The van der Waals surface area contributed by atoms with Crippen LogP contribution in [0.25, 0.3) is 0 Å². The first-order chi connectivity index (χ1) is 5.15. The van der Waals surface area contributed by atoms with E-state index < -0.39 is 0 Å². The van der Waals surface area contributed by atoms with Gasteiger partial charge >= 0.3 is 0 Å². The first-order valence-corrected chi connectivity index (χ1v) is 4.67. The Morgan fingerprint density at radius 1 is 1.67 bits per heavy atom. The zero-order valence-electron chi connectivity index (χ0n) is 7.39. The normalized spacial score (nSPS) is 16.6. The molecule has 1 aliphatic rings. The van der Waals surface area contributed by atoms with Gasteiger partial charge in [0, 0.05) is 32.7 Å². The van der Waals surface area contributed by atoms with Gasteiger partial charge in [-0.25, -0.2) is 0 Å². The molecule has 0 bridgehead atoms. The third-order valence-electron chi connectivity index (χ3n) is 1.57. The van der Waals surface area contributed by atoms with Gasteiger partial charge < -0.3 is 4.90 Å². The van der Waals surface area contributed by atoms with Crippen LogP contribution in [-0.4, -0.2) is 11.4 Å². The Labute approximate surface area is 113 Å². The van der Waals surface area contributed by atoms with E-state index in [1.165, 1.54) is 9.15 Å². The van der Waals surface area contributed by atoms with E-state index in [1.54, 1.807) is 0 Å². The molecule has 0 aromatic rings. The molecule has 0 amide bonds. The Balaban J connectivity index is 0.00000121.